The zero-order chi connectivity index (χ0) is 20.8. The molecule has 2 aromatic carbocycles. The van der Waals surface area contributed by atoms with Crippen molar-refractivity contribution in [3.63, 3.8) is 0 Å². The summed E-state index contributed by atoms with van der Waals surface area (Å²) in [5.74, 6) is -0.112. The maximum atomic E-state index is 13.7. The molecular formula is C22H22ClFN2O3. The number of aryl methyl sites for hydroxylation is 1. The van der Waals surface area contributed by atoms with Crippen molar-refractivity contribution in [2.75, 3.05) is 6.61 Å². The number of rotatable bonds is 8. The third kappa shape index (κ3) is 5.35. The first-order valence-electron chi connectivity index (χ1n) is 9.29. The van der Waals surface area contributed by atoms with Gasteiger partial charge in [0, 0.05) is 11.3 Å². The molecule has 29 heavy (non-hydrogen) atoms. The fourth-order valence-electron chi connectivity index (χ4n) is 2.81. The Morgan fingerprint density at radius 2 is 1.93 bits per heavy atom. The van der Waals surface area contributed by atoms with Crippen LogP contribution in [0, 0.1) is 12.7 Å². The molecule has 0 fully saturated rings. The summed E-state index contributed by atoms with van der Waals surface area (Å²) in [6.07, 6.45) is 0. The number of benzene rings is 2. The van der Waals surface area contributed by atoms with Crippen LogP contribution in [0.4, 0.5) is 4.39 Å². The van der Waals surface area contributed by atoms with Crippen molar-refractivity contribution in [2.45, 2.75) is 32.4 Å². The Morgan fingerprint density at radius 1 is 1.21 bits per heavy atom. The number of carbonyl (C=O) groups excluding carboxylic acids is 1. The van der Waals surface area contributed by atoms with Crippen LogP contribution in [-0.4, -0.2) is 22.4 Å². The monoisotopic (exact) mass is 416 g/mol. The molecule has 1 heterocycles. The van der Waals surface area contributed by atoms with Crippen LogP contribution in [-0.2, 0) is 17.9 Å². The summed E-state index contributed by atoms with van der Waals surface area (Å²) in [5.41, 5.74) is 2.48. The smallest absolute Gasteiger partial charge is 0.358 e. The lowest BCUT2D eigenvalue weighted by molar-refractivity contribution is 0.0518. The summed E-state index contributed by atoms with van der Waals surface area (Å²) < 4.78 is 26.0. The van der Waals surface area contributed by atoms with Gasteiger partial charge in [-0.05, 0) is 43.7 Å². The van der Waals surface area contributed by atoms with Crippen LogP contribution in [0.5, 0.6) is 5.75 Å². The molecule has 0 spiro atoms. The normalized spacial score (nSPS) is 11.9. The highest BCUT2D eigenvalue weighted by Crippen LogP contribution is 2.26. The number of hydrogen-bond donors (Lipinski definition) is 0. The van der Waals surface area contributed by atoms with E-state index in [9.17, 15) is 9.18 Å². The van der Waals surface area contributed by atoms with Crippen LogP contribution in [0.25, 0.3) is 0 Å². The van der Waals surface area contributed by atoms with E-state index in [0.717, 1.165) is 11.3 Å². The van der Waals surface area contributed by atoms with Crippen molar-refractivity contribution in [1.29, 1.82) is 0 Å². The fourth-order valence-corrected chi connectivity index (χ4v) is 3.08. The van der Waals surface area contributed by atoms with Gasteiger partial charge in [0.1, 0.15) is 18.2 Å². The van der Waals surface area contributed by atoms with Crippen LogP contribution < -0.4 is 4.74 Å². The topological polar surface area (TPSA) is 53.4 Å². The number of carbonyl (C=O) groups is 1. The fraction of sp³-hybridized carbons (Fsp3) is 0.273. The minimum absolute atomic E-state index is 0.152. The molecule has 7 heteroatoms. The lowest BCUT2D eigenvalue weighted by Gasteiger charge is -2.13. The number of nitrogens with zero attached hydrogens (tertiary/aromatic N) is 2. The first-order valence-corrected chi connectivity index (χ1v) is 9.73. The highest BCUT2D eigenvalue weighted by atomic mass is 35.5. The number of aromatic nitrogens is 2. The van der Waals surface area contributed by atoms with E-state index >= 15 is 0 Å². The molecule has 0 aliphatic rings. The van der Waals surface area contributed by atoms with E-state index in [1.165, 1.54) is 6.07 Å². The molecule has 3 rings (SSSR count). The van der Waals surface area contributed by atoms with Gasteiger partial charge in [-0.2, -0.15) is 5.10 Å². The molecule has 0 aliphatic heterocycles. The minimum Gasteiger partial charge on any atom is -0.489 e. The number of halogens is 2. The van der Waals surface area contributed by atoms with Gasteiger partial charge in [-0.25, -0.2) is 9.18 Å². The van der Waals surface area contributed by atoms with Crippen molar-refractivity contribution in [3.8, 4) is 5.75 Å². The Labute approximate surface area is 174 Å². The molecule has 0 aliphatic carbocycles. The summed E-state index contributed by atoms with van der Waals surface area (Å²) in [4.78, 5) is 11.8. The summed E-state index contributed by atoms with van der Waals surface area (Å²) in [6, 6.07) is 15.5. The summed E-state index contributed by atoms with van der Waals surface area (Å²) in [7, 11) is 0. The zero-order valence-electron chi connectivity index (χ0n) is 16.3. The molecule has 0 amide bonds. The van der Waals surface area contributed by atoms with Crippen molar-refractivity contribution < 1.29 is 18.7 Å². The van der Waals surface area contributed by atoms with E-state index < -0.39 is 5.97 Å². The summed E-state index contributed by atoms with van der Waals surface area (Å²) in [6.45, 7) is 4.47. The van der Waals surface area contributed by atoms with E-state index in [1.807, 2.05) is 19.1 Å². The van der Waals surface area contributed by atoms with Gasteiger partial charge in [0.15, 0.2) is 5.69 Å². The average molecular weight is 417 g/mol. The largest absolute Gasteiger partial charge is 0.489 e. The van der Waals surface area contributed by atoms with E-state index in [2.05, 4.69) is 5.10 Å². The SMILES string of the molecule is CCOC(=O)c1cc(C)n(CC(Cl)c2ccc(OCc3ccccc3F)cc2)n1. The summed E-state index contributed by atoms with van der Waals surface area (Å²) >= 11 is 6.54. The molecule has 1 atom stereocenters. The van der Waals surface area contributed by atoms with E-state index in [4.69, 9.17) is 21.1 Å². The molecule has 0 saturated carbocycles. The van der Waals surface area contributed by atoms with Crippen molar-refractivity contribution >= 4 is 17.6 Å². The molecule has 0 bridgehead atoms. The third-order valence-corrected chi connectivity index (χ3v) is 4.78. The molecule has 1 unspecified atom stereocenters. The maximum absolute atomic E-state index is 13.7. The Hall–Kier alpha value is -2.86. The Morgan fingerprint density at radius 3 is 2.62 bits per heavy atom. The Bertz CT molecular complexity index is 972. The average Bonchev–Trinajstić information content (AvgIpc) is 3.08. The second-order valence-electron chi connectivity index (χ2n) is 6.49. The second-order valence-corrected chi connectivity index (χ2v) is 7.02. The van der Waals surface area contributed by atoms with Gasteiger partial charge in [-0.15, -0.1) is 11.6 Å². The minimum atomic E-state index is -0.447. The van der Waals surface area contributed by atoms with Gasteiger partial charge in [0.2, 0.25) is 0 Å². The summed E-state index contributed by atoms with van der Waals surface area (Å²) in [5, 5.41) is 3.94. The molecule has 3 aromatic rings. The van der Waals surface area contributed by atoms with Gasteiger partial charge in [0.25, 0.3) is 0 Å². The standard InChI is InChI=1S/C22H22ClFN2O3/c1-3-28-22(27)21-12-15(2)26(25-21)13-19(23)16-8-10-18(11-9-16)29-14-17-6-4-5-7-20(17)24/h4-12,19H,3,13-14H2,1-2H3. The highest BCUT2D eigenvalue weighted by molar-refractivity contribution is 6.20. The number of alkyl halides is 1. The van der Waals surface area contributed by atoms with Crippen LogP contribution in [0.1, 0.15) is 39.6 Å². The molecule has 0 N–H and O–H groups in total. The molecule has 0 saturated heterocycles. The lowest BCUT2D eigenvalue weighted by Crippen LogP contribution is -2.10. The first kappa shape index (κ1) is 20.9. The molecule has 5 nitrogen and oxygen atoms in total. The van der Waals surface area contributed by atoms with E-state index in [1.54, 1.807) is 48.0 Å². The third-order valence-electron chi connectivity index (χ3n) is 4.39. The Balaban J connectivity index is 1.61. The van der Waals surface area contributed by atoms with E-state index in [0.29, 0.717) is 24.5 Å². The van der Waals surface area contributed by atoms with Gasteiger partial charge in [-0.1, -0.05) is 30.3 Å². The van der Waals surface area contributed by atoms with Crippen molar-refractivity contribution in [1.82, 2.24) is 9.78 Å². The maximum Gasteiger partial charge on any atom is 0.358 e. The van der Waals surface area contributed by atoms with Crippen LogP contribution in [0.3, 0.4) is 0 Å². The van der Waals surface area contributed by atoms with Gasteiger partial charge in [0.05, 0.1) is 18.5 Å². The number of hydrogen-bond acceptors (Lipinski definition) is 4. The second kappa shape index (κ2) is 9.56. The van der Waals surface area contributed by atoms with Crippen LogP contribution >= 0.6 is 11.6 Å². The van der Waals surface area contributed by atoms with Gasteiger partial charge >= 0.3 is 5.97 Å². The van der Waals surface area contributed by atoms with Crippen LogP contribution in [0.2, 0.25) is 0 Å². The number of ether oxygens (including phenoxy) is 2. The van der Waals surface area contributed by atoms with Gasteiger partial charge < -0.3 is 9.47 Å². The quantitative estimate of drug-likeness (QED) is 0.380. The predicted molar refractivity (Wildman–Crippen MR) is 109 cm³/mol. The molecule has 1 aromatic heterocycles. The van der Waals surface area contributed by atoms with Crippen LogP contribution in [0.15, 0.2) is 54.6 Å². The van der Waals surface area contributed by atoms with E-state index in [-0.39, 0.29) is 23.5 Å². The highest BCUT2D eigenvalue weighted by Gasteiger charge is 2.16. The predicted octanol–water partition coefficient (Wildman–Crippen LogP) is 5.07. The molecule has 0 radical (unpaired) electrons. The number of esters is 1. The van der Waals surface area contributed by atoms with Crippen molar-refractivity contribution in [3.05, 3.63) is 82.9 Å². The lowest BCUT2D eigenvalue weighted by atomic mass is 10.1. The molecule has 152 valence electrons. The van der Waals surface area contributed by atoms with Gasteiger partial charge in [-0.3, -0.25) is 4.68 Å². The van der Waals surface area contributed by atoms with Crippen molar-refractivity contribution in [2.24, 2.45) is 0 Å². The first-order chi connectivity index (χ1) is 14.0. The Kier molecular flexibility index (Phi) is 6.88. The zero-order valence-corrected chi connectivity index (χ0v) is 17.0. The molecular weight excluding hydrogens is 395 g/mol.